The second-order valence-electron chi connectivity index (χ2n) is 5.53. The molecule has 2 heterocycles. The maximum Gasteiger partial charge on any atom is 0.252 e. The Morgan fingerprint density at radius 1 is 1.43 bits per heavy atom. The fourth-order valence-electron chi connectivity index (χ4n) is 2.89. The number of hydrogen-bond acceptors (Lipinski definition) is 4. The molecule has 3 rings (SSSR count). The van der Waals surface area contributed by atoms with E-state index in [1.807, 2.05) is 37.4 Å². The molecule has 1 aromatic carbocycles. The van der Waals surface area contributed by atoms with Crippen molar-refractivity contribution in [2.75, 3.05) is 25.0 Å². The van der Waals surface area contributed by atoms with Crippen LogP contribution in [0, 0.1) is 0 Å². The van der Waals surface area contributed by atoms with E-state index in [4.69, 9.17) is 5.73 Å². The van der Waals surface area contributed by atoms with E-state index in [0.717, 1.165) is 36.8 Å². The number of nitrogens with one attached hydrogen (secondary N) is 1. The van der Waals surface area contributed by atoms with E-state index in [0.29, 0.717) is 17.4 Å². The third kappa shape index (κ3) is 2.69. The second kappa shape index (κ2) is 5.69. The molecule has 5 heteroatoms. The molecule has 5 nitrogen and oxygen atoms in total. The van der Waals surface area contributed by atoms with Crippen LogP contribution in [-0.2, 0) is 0 Å². The highest BCUT2D eigenvalue weighted by Gasteiger charge is 2.23. The largest absolute Gasteiger partial charge is 0.365 e. The van der Waals surface area contributed by atoms with Crippen molar-refractivity contribution in [1.82, 2.24) is 10.3 Å². The number of primary amides is 1. The Morgan fingerprint density at radius 3 is 2.95 bits per heavy atom. The lowest BCUT2D eigenvalue weighted by molar-refractivity contribution is 0.100. The van der Waals surface area contributed by atoms with Crippen molar-refractivity contribution in [2.45, 2.75) is 18.9 Å². The predicted molar refractivity (Wildman–Crippen MR) is 84.6 cm³/mol. The van der Waals surface area contributed by atoms with Crippen molar-refractivity contribution in [3.05, 3.63) is 35.9 Å². The lowest BCUT2D eigenvalue weighted by atomic mass is 10.0. The zero-order chi connectivity index (χ0) is 14.8. The summed E-state index contributed by atoms with van der Waals surface area (Å²) in [5.74, 6) is 0.244. The third-order valence-corrected chi connectivity index (χ3v) is 4.12. The molecule has 0 bridgehead atoms. The van der Waals surface area contributed by atoms with Gasteiger partial charge in [-0.15, -0.1) is 0 Å². The summed E-state index contributed by atoms with van der Waals surface area (Å²) in [4.78, 5) is 18.5. The lowest BCUT2D eigenvalue weighted by Gasteiger charge is -2.33. The monoisotopic (exact) mass is 284 g/mol. The van der Waals surface area contributed by atoms with Gasteiger partial charge >= 0.3 is 0 Å². The fourth-order valence-corrected chi connectivity index (χ4v) is 2.89. The number of amides is 1. The molecule has 1 saturated heterocycles. The van der Waals surface area contributed by atoms with Gasteiger partial charge in [-0.25, -0.2) is 4.98 Å². The zero-order valence-electron chi connectivity index (χ0n) is 12.2. The summed E-state index contributed by atoms with van der Waals surface area (Å²) >= 11 is 0. The highest BCUT2D eigenvalue weighted by Crippen LogP contribution is 2.25. The molecule has 1 unspecified atom stereocenters. The van der Waals surface area contributed by atoms with E-state index in [1.54, 1.807) is 0 Å². The van der Waals surface area contributed by atoms with Crippen LogP contribution >= 0.6 is 0 Å². The van der Waals surface area contributed by atoms with Crippen molar-refractivity contribution in [2.24, 2.45) is 5.73 Å². The van der Waals surface area contributed by atoms with Crippen LogP contribution in [0.5, 0.6) is 0 Å². The first-order chi connectivity index (χ1) is 10.2. The number of nitrogens with zero attached hydrogens (tertiary/aromatic N) is 2. The van der Waals surface area contributed by atoms with E-state index < -0.39 is 5.91 Å². The summed E-state index contributed by atoms with van der Waals surface area (Å²) in [5, 5.41) is 4.32. The lowest BCUT2D eigenvalue weighted by Crippen LogP contribution is -2.45. The Hall–Kier alpha value is -2.14. The summed E-state index contributed by atoms with van der Waals surface area (Å²) in [7, 11) is 1.99. The average molecular weight is 284 g/mol. The molecule has 2 aromatic rings. The molecule has 3 N–H and O–H groups in total. The topological polar surface area (TPSA) is 71.2 Å². The number of para-hydroxylation sites is 1. The molecule has 1 fully saturated rings. The van der Waals surface area contributed by atoms with Crippen molar-refractivity contribution in [3.8, 4) is 0 Å². The standard InChI is InChI=1S/C16H20N4O/c1-20(12-6-4-8-18-10-12)16-13(15(17)21)9-11-5-2-3-7-14(11)19-16/h2-3,5,7,9,12,18H,4,6,8,10H2,1H3,(H2,17,21). The number of piperidine rings is 1. The summed E-state index contributed by atoms with van der Waals surface area (Å²) in [6.45, 7) is 1.96. The molecular formula is C16H20N4O. The SMILES string of the molecule is CN(c1nc2ccccc2cc1C(N)=O)C1CCCNC1. The van der Waals surface area contributed by atoms with E-state index in [1.165, 1.54) is 0 Å². The van der Waals surface area contributed by atoms with Gasteiger partial charge < -0.3 is 16.0 Å². The maximum absolute atomic E-state index is 11.8. The quantitative estimate of drug-likeness (QED) is 0.896. The highest BCUT2D eigenvalue weighted by atomic mass is 16.1. The van der Waals surface area contributed by atoms with E-state index in [9.17, 15) is 4.79 Å². The molecule has 0 saturated carbocycles. The van der Waals surface area contributed by atoms with Gasteiger partial charge in [-0.3, -0.25) is 4.79 Å². The Bertz CT molecular complexity index is 664. The number of likely N-dealkylation sites (N-methyl/N-ethyl adjacent to an activating group) is 1. The van der Waals surface area contributed by atoms with Crippen LogP contribution in [0.2, 0.25) is 0 Å². The number of benzene rings is 1. The first-order valence-corrected chi connectivity index (χ1v) is 7.30. The van der Waals surface area contributed by atoms with Crippen LogP contribution < -0.4 is 16.0 Å². The van der Waals surface area contributed by atoms with Gasteiger partial charge in [-0.2, -0.15) is 0 Å². The number of anilines is 1. The summed E-state index contributed by atoms with van der Waals surface area (Å²) in [5.41, 5.74) is 6.92. The minimum atomic E-state index is -0.432. The number of carbonyl (C=O) groups is 1. The van der Waals surface area contributed by atoms with Crippen LogP contribution in [0.25, 0.3) is 10.9 Å². The molecule has 0 spiro atoms. The van der Waals surface area contributed by atoms with E-state index >= 15 is 0 Å². The molecule has 1 amide bonds. The minimum Gasteiger partial charge on any atom is -0.365 e. The van der Waals surface area contributed by atoms with Gasteiger partial charge in [0, 0.05) is 25.0 Å². The molecule has 110 valence electrons. The first kappa shape index (κ1) is 13.8. The fraction of sp³-hybridized carbons (Fsp3) is 0.375. The Morgan fingerprint density at radius 2 is 2.24 bits per heavy atom. The van der Waals surface area contributed by atoms with Crippen LogP contribution in [0.1, 0.15) is 23.2 Å². The van der Waals surface area contributed by atoms with Gasteiger partial charge in [0.15, 0.2) is 0 Å². The van der Waals surface area contributed by atoms with Gasteiger partial charge in [-0.1, -0.05) is 18.2 Å². The zero-order valence-corrected chi connectivity index (χ0v) is 12.2. The van der Waals surface area contributed by atoms with Crippen molar-refractivity contribution >= 4 is 22.6 Å². The number of pyridine rings is 1. The van der Waals surface area contributed by atoms with Crippen LogP contribution in [0.4, 0.5) is 5.82 Å². The number of nitrogens with two attached hydrogens (primary N) is 1. The molecule has 1 aromatic heterocycles. The van der Waals surface area contributed by atoms with Crippen LogP contribution in [0.15, 0.2) is 30.3 Å². The molecule has 0 aliphatic carbocycles. The molecule has 1 aliphatic heterocycles. The van der Waals surface area contributed by atoms with Gasteiger partial charge in [0.1, 0.15) is 5.82 Å². The molecular weight excluding hydrogens is 264 g/mol. The van der Waals surface area contributed by atoms with E-state index in [-0.39, 0.29) is 0 Å². The number of fused-ring (bicyclic) bond motifs is 1. The maximum atomic E-state index is 11.8. The summed E-state index contributed by atoms with van der Waals surface area (Å²) in [6, 6.07) is 9.96. The number of carbonyl (C=O) groups excluding carboxylic acids is 1. The Kier molecular flexibility index (Phi) is 3.75. The Labute approximate surface area is 124 Å². The van der Waals surface area contributed by atoms with Gasteiger partial charge in [-0.05, 0) is 31.5 Å². The number of aromatic nitrogens is 1. The summed E-state index contributed by atoms with van der Waals surface area (Å²) in [6.07, 6.45) is 2.23. The van der Waals surface area contributed by atoms with Gasteiger partial charge in [0.25, 0.3) is 5.91 Å². The summed E-state index contributed by atoms with van der Waals surface area (Å²) < 4.78 is 0. The predicted octanol–water partition coefficient (Wildman–Crippen LogP) is 1.52. The van der Waals surface area contributed by atoms with Gasteiger partial charge in [0.05, 0.1) is 11.1 Å². The smallest absolute Gasteiger partial charge is 0.252 e. The van der Waals surface area contributed by atoms with Gasteiger partial charge in [0.2, 0.25) is 0 Å². The first-order valence-electron chi connectivity index (χ1n) is 7.30. The van der Waals surface area contributed by atoms with Crippen LogP contribution in [0.3, 0.4) is 0 Å². The van der Waals surface area contributed by atoms with Crippen molar-refractivity contribution < 1.29 is 4.79 Å². The van der Waals surface area contributed by atoms with Crippen molar-refractivity contribution in [1.29, 1.82) is 0 Å². The molecule has 1 atom stereocenters. The number of rotatable bonds is 3. The highest BCUT2D eigenvalue weighted by molar-refractivity contribution is 6.01. The Balaban J connectivity index is 2.06. The average Bonchev–Trinajstić information content (AvgIpc) is 2.53. The number of hydrogen-bond donors (Lipinski definition) is 2. The van der Waals surface area contributed by atoms with E-state index in [2.05, 4.69) is 15.2 Å². The molecule has 21 heavy (non-hydrogen) atoms. The molecule has 1 aliphatic rings. The minimum absolute atomic E-state index is 0.338. The normalized spacial score (nSPS) is 18.6. The molecule has 0 radical (unpaired) electrons. The van der Waals surface area contributed by atoms with Crippen LogP contribution in [-0.4, -0.2) is 37.1 Å². The van der Waals surface area contributed by atoms with Crippen molar-refractivity contribution in [3.63, 3.8) is 0 Å². The second-order valence-corrected chi connectivity index (χ2v) is 5.53. The third-order valence-electron chi connectivity index (χ3n) is 4.12.